The summed E-state index contributed by atoms with van der Waals surface area (Å²) in [5.74, 6) is -12.1. The largest absolute Gasteiger partial charge is 0.462 e. The van der Waals surface area contributed by atoms with Gasteiger partial charge in [-0.25, -0.2) is 27.2 Å². The molecular formula is C66H50F4N2O16. The average molecular weight is 1200 g/mol. The predicted octanol–water partition coefficient (Wildman–Crippen LogP) is 12.9. The van der Waals surface area contributed by atoms with Crippen molar-refractivity contribution in [1.29, 1.82) is 0 Å². The first-order valence-electron chi connectivity index (χ1n) is 27.6. The first-order chi connectivity index (χ1) is 42.1. The number of rotatable bonds is 20. The van der Waals surface area contributed by atoms with Gasteiger partial charge in [-0.05, 0) is 135 Å². The molecule has 88 heavy (non-hydrogen) atoms. The molecule has 18 nitrogen and oxygen atoms in total. The lowest BCUT2D eigenvalue weighted by Gasteiger charge is -2.34. The minimum atomic E-state index is -1.66. The molecule has 0 aromatic heterocycles. The van der Waals surface area contributed by atoms with E-state index < -0.39 is 108 Å². The molecule has 0 spiro atoms. The van der Waals surface area contributed by atoms with Crippen LogP contribution in [0.1, 0.15) is 83.0 Å². The Kier molecular flexibility index (Phi) is 15.9. The number of ether oxygens (including phenoxy) is 8. The fourth-order valence-electron chi connectivity index (χ4n) is 10.4. The molecule has 9 aromatic rings. The van der Waals surface area contributed by atoms with Gasteiger partial charge in [-0.15, -0.1) is 0 Å². The quantitative estimate of drug-likeness (QED) is 0.0132. The highest BCUT2D eigenvalue weighted by molar-refractivity contribution is 6.45. The van der Waals surface area contributed by atoms with Gasteiger partial charge in [0, 0.05) is 43.1 Å². The van der Waals surface area contributed by atoms with E-state index in [4.69, 9.17) is 37.9 Å². The minimum Gasteiger partial charge on any atom is -0.462 e. The van der Waals surface area contributed by atoms with Crippen molar-refractivity contribution in [2.45, 2.75) is 53.6 Å². The highest BCUT2D eigenvalue weighted by Crippen LogP contribution is 2.58. The van der Waals surface area contributed by atoms with E-state index in [1.165, 1.54) is 86.6 Å². The van der Waals surface area contributed by atoms with E-state index in [2.05, 4.69) is 0 Å². The Bertz CT molecular complexity index is 3860. The summed E-state index contributed by atoms with van der Waals surface area (Å²) in [6.07, 6.45) is 0. The van der Waals surface area contributed by atoms with Gasteiger partial charge >= 0.3 is 23.9 Å². The number of nitrogens with zero attached hydrogens (tertiary/aromatic N) is 2. The van der Waals surface area contributed by atoms with Gasteiger partial charge in [0.1, 0.15) is 108 Å². The van der Waals surface area contributed by atoms with E-state index in [1.807, 2.05) is 0 Å². The molecule has 9 aromatic carbocycles. The van der Waals surface area contributed by atoms with Gasteiger partial charge < -0.3 is 37.9 Å². The molecule has 0 saturated heterocycles. The van der Waals surface area contributed by atoms with Crippen LogP contribution in [0, 0.1) is 35.1 Å². The average Bonchev–Trinajstić information content (AvgIpc) is 0.682. The van der Waals surface area contributed by atoms with Gasteiger partial charge in [0.25, 0.3) is 23.6 Å². The first kappa shape index (κ1) is 59.1. The topological polar surface area (TPSA) is 217 Å². The molecule has 0 fully saturated rings. The maximum Gasteiger partial charge on any atom is 0.329 e. The first-order valence-corrected chi connectivity index (χ1v) is 27.6. The Labute approximate surface area is 497 Å². The third-order valence-electron chi connectivity index (χ3n) is 14.7. The summed E-state index contributed by atoms with van der Waals surface area (Å²) in [6.45, 7) is 7.35. The molecule has 0 N–H and O–H groups in total. The third kappa shape index (κ3) is 10.9. The maximum atomic E-state index is 15.4. The number of hydrogen-bond acceptors (Lipinski definition) is 16. The van der Waals surface area contributed by atoms with Crippen molar-refractivity contribution in [3.8, 4) is 46.0 Å². The highest BCUT2D eigenvalue weighted by Gasteiger charge is 2.45. The summed E-state index contributed by atoms with van der Waals surface area (Å²) >= 11 is 0. The molecule has 448 valence electrons. The smallest absolute Gasteiger partial charge is 0.329 e. The monoisotopic (exact) mass is 1200 g/mol. The maximum absolute atomic E-state index is 15.4. The van der Waals surface area contributed by atoms with Gasteiger partial charge in [-0.3, -0.25) is 38.6 Å². The lowest BCUT2D eigenvalue weighted by Crippen LogP contribution is -2.50. The van der Waals surface area contributed by atoms with Crippen LogP contribution in [0.5, 0.6) is 46.0 Å². The number of hydrogen-bond donors (Lipinski definition) is 0. The second-order valence-electron chi connectivity index (χ2n) is 21.2. The lowest BCUT2D eigenvalue weighted by molar-refractivity contribution is -0.156. The van der Waals surface area contributed by atoms with Crippen LogP contribution in [0.3, 0.4) is 0 Å². The van der Waals surface area contributed by atoms with Gasteiger partial charge in [0.05, 0.1) is 34.1 Å². The normalized spacial score (nSPS) is 13.6. The molecule has 0 radical (unpaired) electrons. The molecule has 2 aliphatic rings. The molecule has 0 saturated carbocycles. The summed E-state index contributed by atoms with van der Waals surface area (Å²) in [7, 11) is 0. The van der Waals surface area contributed by atoms with Crippen molar-refractivity contribution >= 4 is 90.6 Å². The standard InChI is InChI=1S/C66H50F4N2O16/c1-31(2)63(77)81-23-25-83-65(79)33(5)71-59(73)43-27-47(85-39-15-7-35(67)8-16-39)53-55-49(87-41-19-11-37(69)12-20-41)29-45-52-46(62(76)72(61(45)75)34(6)66(80)84-26-24-82-64(78)32(3)4)30-50(88-42-21-13-38(70)14-22-42)56(58(52)55)54-48(86-40-17-9-36(68)10-18-40)28-44(60(71)74)51(43)57(53)54/h7-22,27-34H,23-26H2,1-6H3. The summed E-state index contributed by atoms with van der Waals surface area (Å²) in [4.78, 5) is 115. The van der Waals surface area contributed by atoms with Crippen molar-refractivity contribution in [3.05, 3.63) is 167 Å². The Morgan fingerprint density at radius 1 is 0.330 bits per heavy atom. The van der Waals surface area contributed by atoms with Crippen LogP contribution in [0.15, 0.2) is 121 Å². The number of carbonyl (C=O) groups excluding carboxylic acids is 8. The molecule has 2 unspecified atom stereocenters. The van der Waals surface area contributed by atoms with Crippen LogP contribution >= 0.6 is 0 Å². The van der Waals surface area contributed by atoms with Crippen LogP contribution in [0.4, 0.5) is 17.6 Å². The summed E-state index contributed by atoms with van der Waals surface area (Å²) in [6, 6.07) is 20.7. The molecule has 22 heteroatoms. The number of halogens is 4. The number of benzene rings is 9. The third-order valence-corrected chi connectivity index (χ3v) is 14.7. The molecule has 2 aliphatic heterocycles. The zero-order chi connectivity index (χ0) is 62.6. The number of carbonyl (C=O) groups is 8. The van der Waals surface area contributed by atoms with Crippen LogP contribution in [0.2, 0.25) is 0 Å². The fourth-order valence-corrected chi connectivity index (χ4v) is 10.4. The second kappa shape index (κ2) is 23.7. The molecule has 2 heterocycles. The van der Waals surface area contributed by atoms with Gasteiger partial charge in [-0.2, -0.15) is 0 Å². The van der Waals surface area contributed by atoms with Crippen molar-refractivity contribution in [2.24, 2.45) is 11.8 Å². The Balaban J connectivity index is 1.24. The predicted molar refractivity (Wildman–Crippen MR) is 307 cm³/mol. The zero-order valence-corrected chi connectivity index (χ0v) is 47.6. The molecular weight excluding hydrogens is 1150 g/mol. The van der Waals surface area contributed by atoms with Crippen molar-refractivity contribution in [3.63, 3.8) is 0 Å². The number of amides is 4. The molecule has 2 atom stereocenters. The van der Waals surface area contributed by atoms with E-state index in [0.717, 1.165) is 48.5 Å². The number of fused-ring (bicyclic) bond motifs is 2. The van der Waals surface area contributed by atoms with Gasteiger partial charge in [0.2, 0.25) is 0 Å². The Hall–Kier alpha value is -10.6. The fraction of sp³-hybridized carbons (Fsp3) is 0.212. The number of esters is 4. The zero-order valence-electron chi connectivity index (χ0n) is 47.6. The number of imide groups is 2. The van der Waals surface area contributed by atoms with Gasteiger partial charge in [-0.1, -0.05) is 27.7 Å². The van der Waals surface area contributed by atoms with E-state index >= 15 is 19.2 Å². The molecule has 0 bridgehead atoms. The lowest BCUT2D eigenvalue weighted by atomic mass is 9.80. The highest BCUT2D eigenvalue weighted by atomic mass is 19.1. The summed E-state index contributed by atoms with van der Waals surface area (Å²) in [5, 5.41) is -0.332. The van der Waals surface area contributed by atoms with Crippen molar-refractivity contribution < 1.29 is 93.8 Å². The Morgan fingerprint density at radius 2 is 0.545 bits per heavy atom. The molecule has 0 aliphatic carbocycles. The summed E-state index contributed by atoms with van der Waals surface area (Å²) < 4.78 is 107. The van der Waals surface area contributed by atoms with E-state index in [0.29, 0.717) is 9.80 Å². The summed E-state index contributed by atoms with van der Waals surface area (Å²) in [5.41, 5.74) is -1.05. The Morgan fingerprint density at radius 3 is 0.761 bits per heavy atom. The van der Waals surface area contributed by atoms with Crippen LogP contribution in [-0.2, 0) is 38.1 Å². The van der Waals surface area contributed by atoms with Crippen LogP contribution in [-0.4, -0.2) is 95.8 Å². The van der Waals surface area contributed by atoms with E-state index in [-0.39, 0.29) is 125 Å². The van der Waals surface area contributed by atoms with Crippen molar-refractivity contribution in [2.75, 3.05) is 26.4 Å². The van der Waals surface area contributed by atoms with Crippen LogP contribution < -0.4 is 18.9 Å². The molecule has 11 rings (SSSR count). The molecule has 4 amide bonds. The second-order valence-corrected chi connectivity index (χ2v) is 21.2. The SMILES string of the molecule is CC(C)C(=O)OCCOC(=O)C(C)N1C(=O)c2cc(Oc3ccc(F)cc3)c3c4c(Oc5ccc(F)cc5)cc5c6c(cc(Oc7ccc(F)cc7)c(c7c(Oc8ccc(F)cc8)cc(c2c37)C1=O)c64)C(=O)N(C(C)C(=O)OCCOC(=O)C(C)C)C5=O. The van der Waals surface area contributed by atoms with E-state index in [1.54, 1.807) is 27.7 Å². The minimum absolute atomic E-state index is 0.0224. The van der Waals surface area contributed by atoms with E-state index in [9.17, 15) is 36.7 Å². The van der Waals surface area contributed by atoms with Crippen molar-refractivity contribution in [1.82, 2.24) is 9.80 Å². The van der Waals surface area contributed by atoms with Gasteiger partial charge in [0.15, 0.2) is 0 Å². The van der Waals surface area contributed by atoms with Crippen LogP contribution in [0.25, 0.3) is 43.1 Å².